The molecule has 2 aromatic carbocycles. The fourth-order valence-corrected chi connectivity index (χ4v) is 2.54. The summed E-state index contributed by atoms with van der Waals surface area (Å²) in [6.07, 6.45) is 2.36. The van der Waals surface area contributed by atoms with E-state index in [0.29, 0.717) is 12.1 Å². The van der Waals surface area contributed by atoms with Crippen molar-refractivity contribution in [2.75, 3.05) is 11.6 Å². The number of rotatable bonds is 6. The number of nitrogens with two attached hydrogens (primary N) is 1. The first kappa shape index (κ1) is 16.9. The van der Waals surface area contributed by atoms with Gasteiger partial charge >= 0.3 is 6.03 Å². The summed E-state index contributed by atoms with van der Waals surface area (Å²) in [7, 11) is 0. The van der Waals surface area contributed by atoms with Crippen LogP contribution in [0.3, 0.4) is 0 Å². The molecule has 1 atom stereocenters. The van der Waals surface area contributed by atoms with Crippen LogP contribution in [0.4, 0.5) is 10.5 Å². The molecule has 0 aromatic heterocycles. The van der Waals surface area contributed by atoms with Crippen molar-refractivity contribution in [3.05, 3.63) is 60.2 Å². The zero-order valence-electron chi connectivity index (χ0n) is 12.8. The molecular formula is C17H19N3O2S. The number of urea groups is 1. The Balaban J connectivity index is 2.07. The van der Waals surface area contributed by atoms with E-state index in [1.54, 1.807) is 11.8 Å². The third-order valence-corrected chi connectivity index (χ3v) is 4.02. The molecule has 0 fully saturated rings. The zero-order valence-corrected chi connectivity index (χ0v) is 13.6. The molecule has 3 amide bonds. The van der Waals surface area contributed by atoms with Gasteiger partial charge in [-0.05, 0) is 36.1 Å². The smallest absolute Gasteiger partial charge is 0.312 e. The van der Waals surface area contributed by atoms with Gasteiger partial charge in [-0.3, -0.25) is 4.79 Å². The molecule has 2 rings (SSSR count). The molecule has 5 nitrogen and oxygen atoms in total. The molecule has 120 valence electrons. The van der Waals surface area contributed by atoms with Crippen LogP contribution < -0.4 is 16.4 Å². The van der Waals surface area contributed by atoms with Gasteiger partial charge in [-0.2, -0.15) is 0 Å². The average molecular weight is 329 g/mol. The van der Waals surface area contributed by atoms with Gasteiger partial charge in [0.05, 0.1) is 0 Å². The second kappa shape index (κ2) is 8.24. The summed E-state index contributed by atoms with van der Waals surface area (Å²) in [5.41, 5.74) is 6.80. The van der Waals surface area contributed by atoms with Crippen molar-refractivity contribution in [3.63, 3.8) is 0 Å². The first-order valence-corrected chi connectivity index (χ1v) is 8.36. The molecule has 0 heterocycles. The summed E-state index contributed by atoms with van der Waals surface area (Å²) < 4.78 is 0. The number of carbonyl (C=O) groups excluding carboxylic acids is 2. The van der Waals surface area contributed by atoms with Crippen molar-refractivity contribution >= 4 is 29.4 Å². The zero-order chi connectivity index (χ0) is 16.7. The average Bonchev–Trinajstić information content (AvgIpc) is 2.55. The number of benzene rings is 2. The largest absolute Gasteiger partial charge is 0.352 e. The Labute approximate surface area is 139 Å². The summed E-state index contributed by atoms with van der Waals surface area (Å²) in [6.45, 7) is 0. The minimum Gasteiger partial charge on any atom is -0.352 e. The van der Waals surface area contributed by atoms with Crippen LogP contribution >= 0.6 is 11.8 Å². The van der Waals surface area contributed by atoms with Crippen LogP contribution in [0.1, 0.15) is 5.56 Å². The SMILES string of the molecule is CSc1ccc(NC(=O)C(Cc2ccccc2)NC(N)=O)cc1. The highest BCUT2D eigenvalue weighted by atomic mass is 32.2. The summed E-state index contributed by atoms with van der Waals surface area (Å²) in [4.78, 5) is 24.7. The first-order chi connectivity index (χ1) is 11.1. The van der Waals surface area contributed by atoms with Crippen molar-refractivity contribution < 1.29 is 9.59 Å². The van der Waals surface area contributed by atoms with E-state index in [1.165, 1.54) is 0 Å². The molecule has 2 aromatic rings. The molecule has 0 radical (unpaired) electrons. The summed E-state index contributed by atoms with van der Waals surface area (Å²) in [5.74, 6) is -0.301. The van der Waals surface area contributed by atoms with Crippen LogP contribution in [-0.2, 0) is 11.2 Å². The molecule has 0 saturated heterocycles. The number of hydrogen-bond acceptors (Lipinski definition) is 3. The topological polar surface area (TPSA) is 84.2 Å². The van der Waals surface area contributed by atoms with Crippen LogP contribution in [0.25, 0.3) is 0 Å². The normalized spacial score (nSPS) is 11.5. The predicted octanol–water partition coefficient (Wildman–Crippen LogP) is 2.63. The Morgan fingerprint density at radius 3 is 2.30 bits per heavy atom. The van der Waals surface area contributed by atoms with Gasteiger partial charge in [0.15, 0.2) is 0 Å². The Morgan fingerprint density at radius 2 is 1.74 bits per heavy atom. The number of hydrogen-bond donors (Lipinski definition) is 3. The monoisotopic (exact) mass is 329 g/mol. The Bertz CT molecular complexity index is 659. The predicted molar refractivity (Wildman–Crippen MR) is 93.5 cm³/mol. The van der Waals surface area contributed by atoms with Gasteiger partial charge in [0, 0.05) is 17.0 Å². The van der Waals surface area contributed by atoms with E-state index in [1.807, 2.05) is 60.9 Å². The third kappa shape index (κ3) is 5.34. The fraction of sp³-hybridized carbons (Fsp3) is 0.176. The molecule has 1 unspecified atom stereocenters. The minimum absolute atomic E-state index is 0.301. The Kier molecular flexibility index (Phi) is 6.05. The van der Waals surface area contributed by atoms with E-state index < -0.39 is 12.1 Å². The lowest BCUT2D eigenvalue weighted by Crippen LogP contribution is -2.47. The highest BCUT2D eigenvalue weighted by Gasteiger charge is 2.20. The third-order valence-electron chi connectivity index (χ3n) is 3.27. The van der Waals surface area contributed by atoms with Crippen LogP contribution in [0.15, 0.2) is 59.5 Å². The number of amides is 3. The number of thioether (sulfide) groups is 1. The van der Waals surface area contributed by atoms with E-state index in [-0.39, 0.29) is 5.91 Å². The van der Waals surface area contributed by atoms with E-state index >= 15 is 0 Å². The molecule has 0 aliphatic heterocycles. The lowest BCUT2D eigenvalue weighted by atomic mass is 10.1. The van der Waals surface area contributed by atoms with Crippen molar-refractivity contribution in [1.29, 1.82) is 0 Å². The van der Waals surface area contributed by atoms with Gasteiger partial charge in [-0.1, -0.05) is 30.3 Å². The second-order valence-electron chi connectivity index (χ2n) is 4.97. The lowest BCUT2D eigenvalue weighted by molar-refractivity contribution is -0.117. The first-order valence-electron chi connectivity index (χ1n) is 7.13. The molecule has 4 N–H and O–H groups in total. The van der Waals surface area contributed by atoms with Crippen LogP contribution in [0, 0.1) is 0 Å². The summed E-state index contributed by atoms with van der Waals surface area (Å²) in [6, 6.07) is 15.5. The Hall–Kier alpha value is -2.47. The fourth-order valence-electron chi connectivity index (χ4n) is 2.13. The summed E-state index contributed by atoms with van der Waals surface area (Å²) in [5, 5.41) is 5.29. The standard InChI is InChI=1S/C17H19N3O2S/c1-23-14-9-7-13(8-10-14)19-16(21)15(20-17(18)22)11-12-5-3-2-4-6-12/h2-10,15H,11H2,1H3,(H,19,21)(H3,18,20,22). The maximum atomic E-state index is 12.4. The number of primary amides is 1. The van der Waals surface area contributed by atoms with Crippen LogP contribution in [0.2, 0.25) is 0 Å². The van der Waals surface area contributed by atoms with Gasteiger partial charge in [-0.15, -0.1) is 11.8 Å². The molecule has 23 heavy (non-hydrogen) atoms. The summed E-state index contributed by atoms with van der Waals surface area (Å²) >= 11 is 1.63. The number of carbonyl (C=O) groups is 2. The molecular weight excluding hydrogens is 310 g/mol. The maximum absolute atomic E-state index is 12.4. The van der Waals surface area contributed by atoms with Crippen molar-refractivity contribution in [3.8, 4) is 0 Å². The molecule has 0 bridgehead atoms. The quantitative estimate of drug-likeness (QED) is 0.712. The van der Waals surface area contributed by atoms with Gasteiger partial charge < -0.3 is 16.4 Å². The van der Waals surface area contributed by atoms with Crippen molar-refractivity contribution in [2.24, 2.45) is 5.73 Å². The van der Waals surface area contributed by atoms with Crippen molar-refractivity contribution in [1.82, 2.24) is 5.32 Å². The van der Waals surface area contributed by atoms with E-state index in [9.17, 15) is 9.59 Å². The van der Waals surface area contributed by atoms with E-state index in [0.717, 1.165) is 10.5 Å². The van der Waals surface area contributed by atoms with Crippen molar-refractivity contribution in [2.45, 2.75) is 17.4 Å². The Morgan fingerprint density at radius 1 is 1.09 bits per heavy atom. The molecule has 0 saturated carbocycles. The van der Waals surface area contributed by atoms with Crippen LogP contribution in [0.5, 0.6) is 0 Å². The molecule has 0 spiro atoms. The highest BCUT2D eigenvalue weighted by Crippen LogP contribution is 2.17. The second-order valence-corrected chi connectivity index (χ2v) is 5.85. The van der Waals surface area contributed by atoms with Gasteiger partial charge in [0.1, 0.15) is 6.04 Å². The number of nitrogens with one attached hydrogen (secondary N) is 2. The maximum Gasteiger partial charge on any atom is 0.312 e. The van der Waals surface area contributed by atoms with Crippen LogP contribution in [-0.4, -0.2) is 24.2 Å². The van der Waals surface area contributed by atoms with Gasteiger partial charge in [0.2, 0.25) is 5.91 Å². The molecule has 6 heteroatoms. The van der Waals surface area contributed by atoms with E-state index in [4.69, 9.17) is 5.73 Å². The van der Waals surface area contributed by atoms with Gasteiger partial charge in [0.25, 0.3) is 0 Å². The van der Waals surface area contributed by atoms with E-state index in [2.05, 4.69) is 10.6 Å². The molecule has 0 aliphatic carbocycles. The highest BCUT2D eigenvalue weighted by molar-refractivity contribution is 7.98. The number of anilines is 1. The minimum atomic E-state index is -0.727. The lowest BCUT2D eigenvalue weighted by Gasteiger charge is -2.17. The van der Waals surface area contributed by atoms with Gasteiger partial charge in [-0.25, -0.2) is 4.79 Å². The molecule has 0 aliphatic rings.